The number of nitrogens with zero attached hydrogens (tertiary/aromatic N) is 2. The summed E-state index contributed by atoms with van der Waals surface area (Å²) in [6.45, 7) is 5.12. The number of benzene rings is 2. The quantitative estimate of drug-likeness (QED) is 0.601. The third kappa shape index (κ3) is 4.15. The molecule has 0 aliphatic rings. The number of ether oxygens (including phenoxy) is 1. The zero-order chi connectivity index (χ0) is 19.9. The molecule has 0 aliphatic heterocycles. The third-order valence-electron chi connectivity index (χ3n) is 4.73. The van der Waals surface area contributed by atoms with E-state index < -0.39 is 5.97 Å². The highest BCUT2D eigenvalue weighted by molar-refractivity contribution is 6.06. The van der Waals surface area contributed by atoms with Gasteiger partial charge in [-0.2, -0.15) is 0 Å². The van der Waals surface area contributed by atoms with Crippen molar-refractivity contribution < 1.29 is 14.6 Å². The second-order valence-electron chi connectivity index (χ2n) is 6.54. The number of esters is 1. The van der Waals surface area contributed by atoms with Gasteiger partial charge in [-0.15, -0.1) is 0 Å². The van der Waals surface area contributed by atoms with E-state index in [-0.39, 0.29) is 6.61 Å². The normalized spacial score (nSPS) is 10.8. The molecule has 0 amide bonds. The number of fused-ring (bicyclic) bond motifs is 1. The summed E-state index contributed by atoms with van der Waals surface area (Å²) >= 11 is 0. The van der Waals surface area contributed by atoms with Crippen molar-refractivity contribution in [3.05, 3.63) is 71.4 Å². The molecule has 0 fully saturated rings. The van der Waals surface area contributed by atoms with Crippen molar-refractivity contribution in [3.63, 3.8) is 0 Å². The Balaban J connectivity index is 2.20. The van der Waals surface area contributed by atoms with Crippen molar-refractivity contribution in [1.82, 2.24) is 4.98 Å². The van der Waals surface area contributed by atoms with E-state index in [1.54, 1.807) is 13.1 Å². The van der Waals surface area contributed by atoms with E-state index in [0.29, 0.717) is 25.3 Å². The van der Waals surface area contributed by atoms with Gasteiger partial charge in [0.25, 0.3) is 0 Å². The number of aliphatic hydroxyl groups is 1. The highest BCUT2D eigenvalue weighted by atomic mass is 16.5. The Morgan fingerprint density at radius 3 is 2.57 bits per heavy atom. The number of hydrogen-bond donors (Lipinski definition) is 1. The monoisotopic (exact) mass is 378 g/mol. The van der Waals surface area contributed by atoms with Gasteiger partial charge >= 0.3 is 5.97 Å². The zero-order valence-corrected chi connectivity index (χ0v) is 16.4. The molecule has 0 saturated carbocycles. The van der Waals surface area contributed by atoms with Gasteiger partial charge in [-0.05, 0) is 24.5 Å². The summed E-state index contributed by atoms with van der Waals surface area (Å²) in [4.78, 5) is 19.3. The van der Waals surface area contributed by atoms with Crippen LogP contribution in [-0.2, 0) is 17.7 Å². The van der Waals surface area contributed by atoms with Crippen molar-refractivity contribution in [3.8, 4) is 0 Å². The van der Waals surface area contributed by atoms with Gasteiger partial charge in [-0.3, -0.25) is 4.98 Å². The van der Waals surface area contributed by atoms with Crippen LogP contribution in [0.2, 0.25) is 0 Å². The lowest BCUT2D eigenvalue weighted by molar-refractivity contribution is 0.0526. The maximum Gasteiger partial charge on any atom is 0.341 e. The van der Waals surface area contributed by atoms with Gasteiger partial charge in [0.2, 0.25) is 0 Å². The predicted octanol–water partition coefficient (Wildman–Crippen LogP) is 3.97. The molecule has 5 heteroatoms. The van der Waals surface area contributed by atoms with Crippen LogP contribution in [0.4, 0.5) is 5.69 Å². The van der Waals surface area contributed by atoms with Gasteiger partial charge in [-0.1, -0.05) is 55.5 Å². The first-order chi connectivity index (χ1) is 13.7. The lowest BCUT2D eigenvalue weighted by atomic mass is 10.0. The van der Waals surface area contributed by atoms with Crippen LogP contribution in [0.3, 0.4) is 0 Å². The Kier molecular flexibility index (Phi) is 6.61. The molecular weight excluding hydrogens is 352 g/mol. The summed E-state index contributed by atoms with van der Waals surface area (Å²) in [6, 6.07) is 16.0. The minimum absolute atomic E-state index is 0.0214. The zero-order valence-electron chi connectivity index (χ0n) is 16.4. The summed E-state index contributed by atoms with van der Waals surface area (Å²) in [5, 5.41) is 10.6. The lowest BCUT2D eigenvalue weighted by Crippen LogP contribution is -2.28. The largest absolute Gasteiger partial charge is 0.462 e. The van der Waals surface area contributed by atoms with Gasteiger partial charge < -0.3 is 14.7 Å². The molecule has 3 rings (SSSR count). The van der Waals surface area contributed by atoms with Crippen LogP contribution in [0.5, 0.6) is 0 Å². The number of aryl methyl sites for hydroxylation is 1. The standard InChI is InChI=1S/C23H26N2O3/c1-3-18-11-8-12-19-21(18)24-15-20(23(27)28-4-2)22(19)25(13-14-26)16-17-9-6-5-7-10-17/h5-12,15,26H,3-4,13-14,16H2,1-2H3. The van der Waals surface area contributed by atoms with Gasteiger partial charge in [0.1, 0.15) is 5.56 Å². The Labute approximate surface area is 165 Å². The van der Waals surface area contributed by atoms with Gasteiger partial charge in [0.15, 0.2) is 0 Å². The maximum absolute atomic E-state index is 12.7. The van der Waals surface area contributed by atoms with Gasteiger partial charge in [0.05, 0.1) is 24.4 Å². The molecule has 0 aliphatic carbocycles. The number of carbonyl (C=O) groups excluding carboxylic acids is 1. The molecule has 0 bridgehead atoms. The molecule has 2 aromatic carbocycles. The first kappa shape index (κ1) is 19.8. The van der Waals surface area contributed by atoms with Crippen LogP contribution in [0.25, 0.3) is 10.9 Å². The predicted molar refractivity (Wildman–Crippen MR) is 112 cm³/mol. The van der Waals surface area contributed by atoms with Crippen LogP contribution in [0.15, 0.2) is 54.7 Å². The first-order valence-electron chi connectivity index (χ1n) is 9.67. The maximum atomic E-state index is 12.7. The third-order valence-corrected chi connectivity index (χ3v) is 4.73. The Hall–Kier alpha value is -2.92. The van der Waals surface area contributed by atoms with Crippen molar-refractivity contribution in [2.75, 3.05) is 24.7 Å². The van der Waals surface area contributed by atoms with E-state index in [0.717, 1.165) is 34.1 Å². The summed E-state index contributed by atoms with van der Waals surface area (Å²) in [6.07, 6.45) is 2.45. The van der Waals surface area contributed by atoms with Crippen LogP contribution in [0.1, 0.15) is 35.3 Å². The smallest absolute Gasteiger partial charge is 0.341 e. The number of anilines is 1. The highest BCUT2D eigenvalue weighted by Crippen LogP contribution is 2.33. The fraction of sp³-hybridized carbons (Fsp3) is 0.304. The van der Waals surface area contributed by atoms with Crippen LogP contribution < -0.4 is 4.90 Å². The average molecular weight is 378 g/mol. The summed E-state index contributed by atoms with van der Waals surface area (Å²) in [5.74, 6) is -0.398. The van der Waals surface area contributed by atoms with E-state index in [4.69, 9.17) is 4.74 Å². The van der Waals surface area contributed by atoms with E-state index in [9.17, 15) is 9.90 Å². The van der Waals surface area contributed by atoms with E-state index in [2.05, 4.69) is 18.0 Å². The fourth-order valence-electron chi connectivity index (χ4n) is 3.45. The van der Waals surface area contributed by atoms with Gasteiger partial charge in [0, 0.05) is 24.7 Å². The van der Waals surface area contributed by atoms with Crippen LogP contribution in [-0.4, -0.2) is 35.8 Å². The molecule has 0 atom stereocenters. The van der Waals surface area contributed by atoms with Crippen molar-refractivity contribution in [1.29, 1.82) is 0 Å². The number of rotatable bonds is 8. The molecular formula is C23H26N2O3. The minimum Gasteiger partial charge on any atom is -0.462 e. The van der Waals surface area contributed by atoms with E-state index in [1.807, 2.05) is 47.4 Å². The first-order valence-corrected chi connectivity index (χ1v) is 9.67. The molecule has 0 spiro atoms. The topological polar surface area (TPSA) is 62.7 Å². The molecule has 5 nitrogen and oxygen atoms in total. The summed E-state index contributed by atoms with van der Waals surface area (Å²) < 4.78 is 5.28. The second-order valence-corrected chi connectivity index (χ2v) is 6.54. The fourth-order valence-corrected chi connectivity index (χ4v) is 3.45. The highest BCUT2D eigenvalue weighted by Gasteiger charge is 2.22. The SMILES string of the molecule is CCOC(=O)c1cnc2c(CC)cccc2c1N(CCO)Cc1ccccc1. The van der Waals surface area contributed by atoms with Crippen LogP contribution in [0, 0.1) is 0 Å². The number of aromatic nitrogens is 1. The van der Waals surface area contributed by atoms with Crippen molar-refractivity contribution in [2.24, 2.45) is 0 Å². The lowest BCUT2D eigenvalue weighted by Gasteiger charge is -2.27. The number of para-hydroxylation sites is 1. The Morgan fingerprint density at radius 2 is 1.89 bits per heavy atom. The molecule has 1 heterocycles. The number of aliphatic hydroxyl groups excluding tert-OH is 1. The number of pyridine rings is 1. The second kappa shape index (κ2) is 9.33. The molecule has 0 unspecified atom stereocenters. The molecule has 0 saturated heterocycles. The molecule has 1 aromatic heterocycles. The minimum atomic E-state index is -0.398. The molecule has 3 aromatic rings. The van der Waals surface area contributed by atoms with E-state index in [1.165, 1.54) is 0 Å². The molecule has 0 radical (unpaired) electrons. The van der Waals surface area contributed by atoms with Crippen LogP contribution >= 0.6 is 0 Å². The summed E-state index contributed by atoms with van der Waals surface area (Å²) in [7, 11) is 0. The summed E-state index contributed by atoms with van der Waals surface area (Å²) in [5.41, 5.74) is 4.29. The average Bonchev–Trinajstić information content (AvgIpc) is 2.73. The van der Waals surface area contributed by atoms with Crippen molar-refractivity contribution >= 4 is 22.6 Å². The Bertz CT molecular complexity index is 941. The molecule has 1 N–H and O–H groups in total. The van der Waals surface area contributed by atoms with Crippen molar-refractivity contribution in [2.45, 2.75) is 26.8 Å². The van der Waals surface area contributed by atoms with Gasteiger partial charge in [-0.25, -0.2) is 4.79 Å². The molecule has 146 valence electrons. The Morgan fingerprint density at radius 1 is 1.11 bits per heavy atom. The number of hydrogen-bond acceptors (Lipinski definition) is 5. The van der Waals surface area contributed by atoms with E-state index >= 15 is 0 Å². The number of carbonyl (C=O) groups is 1. The molecule has 28 heavy (non-hydrogen) atoms.